The highest BCUT2D eigenvalue weighted by Gasteiger charge is 2.28. The lowest BCUT2D eigenvalue weighted by Gasteiger charge is -2.33. The number of non-ortho nitro benzene ring substituents is 1. The number of nitro benzene ring substituents is 1. The minimum absolute atomic E-state index is 0.00355. The number of allylic oxidation sites excluding steroid dienone is 4. The van der Waals surface area contributed by atoms with E-state index in [1.807, 2.05) is 58.9 Å². The monoisotopic (exact) mass is 547 g/mol. The molecule has 1 amide bonds. The van der Waals surface area contributed by atoms with E-state index in [1.54, 1.807) is 24.2 Å². The summed E-state index contributed by atoms with van der Waals surface area (Å²) in [5.74, 6) is 1.17. The Hall–Kier alpha value is -3.71. The molecule has 7 heteroatoms. The molecule has 40 heavy (non-hydrogen) atoms. The summed E-state index contributed by atoms with van der Waals surface area (Å²) in [4.78, 5) is 28.0. The highest BCUT2D eigenvalue weighted by atomic mass is 16.6. The molecule has 0 atom stereocenters. The fraction of sp³-hybridized carbons (Fsp3) is 0.424. The summed E-state index contributed by atoms with van der Waals surface area (Å²) in [5, 5.41) is 11.2. The number of nitrogens with zero attached hydrogens (tertiary/aromatic N) is 3. The minimum atomic E-state index is -0.424. The van der Waals surface area contributed by atoms with Gasteiger partial charge in [0.2, 0.25) is 0 Å². The molecule has 7 nitrogen and oxygen atoms in total. The highest BCUT2D eigenvalue weighted by molar-refractivity contribution is 6.07. The standard InChI is InChI=1S/C29H33N3O4.2C2H6/c1-4-6-26(28(5-2)36-3)22-13-16-30(17-14-22)20-21-7-9-24(10-8-21)29(33)31-18-15-23-11-12-25(32(34)35)19-27(23)31;2*1-2/h4-12,19,22H,2,13-18,20H2,1,3H3;2*1-2H3/b6-4-,28-26-;;. The van der Waals surface area contributed by atoms with Crippen LogP contribution < -0.4 is 4.90 Å². The summed E-state index contributed by atoms with van der Waals surface area (Å²) in [6, 6.07) is 12.5. The molecule has 0 saturated carbocycles. The Morgan fingerprint density at radius 3 is 2.27 bits per heavy atom. The second-order valence-corrected chi connectivity index (χ2v) is 9.25. The van der Waals surface area contributed by atoms with Crippen molar-refractivity contribution in [2.75, 3.05) is 31.6 Å². The molecule has 1 fully saturated rings. The Labute approximate surface area is 240 Å². The van der Waals surface area contributed by atoms with Gasteiger partial charge in [-0.25, -0.2) is 0 Å². The van der Waals surface area contributed by atoms with Gasteiger partial charge in [0.25, 0.3) is 11.6 Å². The normalized spacial score (nSPS) is 15.7. The zero-order valence-electron chi connectivity index (χ0n) is 25.0. The smallest absolute Gasteiger partial charge is 0.271 e. The van der Waals surface area contributed by atoms with Crippen molar-refractivity contribution >= 4 is 17.3 Å². The molecule has 0 unspecified atom stereocenters. The van der Waals surface area contributed by atoms with Crippen LogP contribution in [0.5, 0.6) is 0 Å². The number of fused-ring (bicyclic) bond motifs is 1. The summed E-state index contributed by atoms with van der Waals surface area (Å²) in [6.07, 6.45) is 8.78. The van der Waals surface area contributed by atoms with Crippen LogP contribution in [0.4, 0.5) is 11.4 Å². The third-order valence-electron chi connectivity index (χ3n) is 7.09. The van der Waals surface area contributed by atoms with E-state index < -0.39 is 4.92 Å². The molecule has 4 rings (SSSR count). The van der Waals surface area contributed by atoms with E-state index in [9.17, 15) is 14.9 Å². The Morgan fingerprint density at radius 2 is 1.73 bits per heavy atom. The van der Waals surface area contributed by atoms with Crippen molar-refractivity contribution in [1.29, 1.82) is 0 Å². The highest BCUT2D eigenvalue weighted by Crippen LogP contribution is 2.33. The lowest BCUT2D eigenvalue weighted by Crippen LogP contribution is -2.34. The first-order valence-corrected chi connectivity index (χ1v) is 14.4. The number of piperidine rings is 1. The predicted molar refractivity (Wildman–Crippen MR) is 165 cm³/mol. The average Bonchev–Trinajstić information content (AvgIpc) is 3.43. The Balaban J connectivity index is 0.00000134. The Kier molecular flexibility index (Phi) is 13.3. The van der Waals surface area contributed by atoms with E-state index in [0.29, 0.717) is 30.1 Å². The molecule has 2 aromatic carbocycles. The molecule has 0 aliphatic carbocycles. The molecular weight excluding hydrogens is 502 g/mol. The summed E-state index contributed by atoms with van der Waals surface area (Å²) in [6.45, 7) is 17.3. The zero-order chi connectivity index (χ0) is 29.7. The van der Waals surface area contributed by atoms with Crippen molar-refractivity contribution in [2.45, 2.75) is 60.4 Å². The van der Waals surface area contributed by atoms with Gasteiger partial charge in [-0.1, -0.05) is 64.6 Å². The van der Waals surface area contributed by atoms with Crippen molar-refractivity contribution in [2.24, 2.45) is 5.92 Å². The van der Waals surface area contributed by atoms with E-state index >= 15 is 0 Å². The molecular formula is C33H45N3O4. The van der Waals surface area contributed by atoms with Crippen LogP contribution in [-0.4, -0.2) is 42.5 Å². The maximum Gasteiger partial charge on any atom is 0.271 e. The molecule has 0 radical (unpaired) electrons. The van der Waals surface area contributed by atoms with Crippen molar-refractivity contribution < 1.29 is 14.5 Å². The number of ether oxygens (including phenoxy) is 1. The van der Waals surface area contributed by atoms with Gasteiger partial charge < -0.3 is 9.64 Å². The summed E-state index contributed by atoms with van der Waals surface area (Å²) in [7, 11) is 1.69. The number of hydrogen-bond donors (Lipinski definition) is 0. The number of amides is 1. The van der Waals surface area contributed by atoms with E-state index in [-0.39, 0.29) is 11.6 Å². The van der Waals surface area contributed by atoms with E-state index in [2.05, 4.69) is 23.6 Å². The van der Waals surface area contributed by atoms with Crippen LogP contribution in [0.25, 0.3) is 0 Å². The van der Waals surface area contributed by atoms with Gasteiger partial charge in [0.05, 0.1) is 17.7 Å². The molecule has 2 aromatic rings. The SMILES string of the molecule is C=C/C(OC)=C(\C=C/C)C1CCN(Cc2ccc(C(=O)N3CCc4ccc([N+](=O)[O-])cc43)cc2)CC1.CC.CC. The minimum Gasteiger partial charge on any atom is -0.496 e. The number of nitro groups is 1. The lowest BCUT2D eigenvalue weighted by atomic mass is 9.87. The van der Waals surface area contributed by atoms with Gasteiger partial charge in [-0.3, -0.25) is 19.8 Å². The fourth-order valence-electron chi connectivity index (χ4n) is 5.18. The zero-order valence-corrected chi connectivity index (χ0v) is 25.0. The van der Waals surface area contributed by atoms with Crippen LogP contribution in [0, 0.1) is 16.0 Å². The first kappa shape index (κ1) is 32.5. The third kappa shape index (κ3) is 7.92. The number of carbonyl (C=O) groups excluding carboxylic acids is 1. The largest absolute Gasteiger partial charge is 0.496 e. The second-order valence-electron chi connectivity index (χ2n) is 9.25. The summed E-state index contributed by atoms with van der Waals surface area (Å²) < 4.78 is 5.53. The third-order valence-corrected chi connectivity index (χ3v) is 7.09. The average molecular weight is 548 g/mol. The molecule has 2 heterocycles. The first-order valence-electron chi connectivity index (χ1n) is 14.4. The van der Waals surface area contributed by atoms with E-state index in [1.165, 1.54) is 17.7 Å². The summed E-state index contributed by atoms with van der Waals surface area (Å²) >= 11 is 0. The molecule has 2 aliphatic rings. The number of benzene rings is 2. The van der Waals surface area contributed by atoms with Crippen LogP contribution in [0.2, 0.25) is 0 Å². The lowest BCUT2D eigenvalue weighted by molar-refractivity contribution is -0.384. The number of carbonyl (C=O) groups is 1. The maximum atomic E-state index is 13.2. The first-order chi connectivity index (χ1) is 19.4. The molecule has 0 bridgehead atoms. The molecule has 0 aromatic heterocycles. The quantitative estimate of drug-likeness (QED) is 0.146. The molecule has 0 spiro atoms. The Morgan fingerprint density at radius 1 is 1.07 bits per heavy atom. The van der Waals surface area contributed by atoms with Crippen LogP contribution in [0.15, 0.2) is 78.6 Å². The van der Waals surface area contributed by atoms with Gasteiger partial charge in [0.1, 0.15) is 5.76 Å². The van der Waals surface area contributed by atoms with Crippen LogP contribution in [-0.2, 0) is 17.7 Å². The van der Waals surface area contributed by atoms with Gasteiger partial charge in [-0.15, -0.1) is 0 Å². The molecule has 1 saturated heterocycles. The van der Waals surface area contributed by atoms with E-state index in [4.69, 9.17) is 4.74 Å². The van der Waals surface area contributed by atoms with Crippen molar-refractivity contribution in [3.8, 4) is 0 Å². The van der Waals surface area contributed by atoms with E-state index in [0.717, 1.165) is 49.4 Å². The Bertz CT molecular complexity index is 1190. The topological polar surface area (TPSA) is 75.9 Å². The van der Waals surface area contributed by atoms with Gasteiger partial charge in [0, 0.05) is 30.8 Å². The number of hydrogen-bond acceptors (Lipinski definition) is 5. The number of anilines is 1. The number of methoxy groups -OCH3 is 1. The second kappa shape index (κ2) is 16.4. The van der Waals surface area contributed by atoms with Crippen molar-refractivity contribution in [1.82, 2.24) is 4.90 Å². The number of rotatable bonds is 8. The van der Waals surface area contributed by atoms with Crippen molar-refractivity contribution in [3.05, 3.63) is 105 Å². The van der Waals surface area contributed by atoms with Gasteiger partial charge in [-0.2, -0.15) is 0 Å². The molecule has 2 aliphatic heterocycles. The predicted octanol–water partition coefficient (Wildman–Crippen LogP) is 7.72. The van der Waals surface area contributed by atoms with Crippen LogP contribution >= 0.6 is 0 Å². The van der Waals surface area contributed by atoms with Gasteiger partial charge in [-0.05, 0) is 80.1 Å². The van der Waals surface area contributed by atoms with Crippen molar-refractivity contribution in [3.63, 3.8) is 0 Å². The van der Waals surface area contributed by atoms with Crippen LogP contribution in [0.1, 0.15) is 68.9 Å². The maximum absolute atomic E-state index is 13.2. The fourth-order valence-corrected chi connectivity index (χ4v) is 5.18. The van der Waals surface area contributed by atoms with Gasteiger partial charge >= 0.3 is 0 Å². The van der Waals surface area contributed by atoms with Crippen LogP contribution in [0.3, 0.4) is 0 Å². The van der Waals surface area contributed by atoms with Gasteiger partial charge in [0.15, 0.2) is 0 Å². The molecule has 216 valence electrons. The molecule has 0 N–H and O–H groups in total. The summed E-state index contributed by atoms with van der Waals surface area (Å²) in [5.41, 5.74) is 4.58. The number of likely N-dealkylation sites (tertiary alicyclic amines) is 1.